The molecule has 1 aromatic heterocycles. The van der Waals surface area contributed by atoms with Crippen LogP contribution in [0.3, 0.4) is 0 Å². The number of hydrogen-bond acceptors (Lipinski definition) is 4. The van der Waals surface area contributed by atoms with E-state index in [-0.39, 0.29) is 12.5 Å². The number of carbonyl (C=O) groups is 1. The lowest BCUT2D eigenvalue weighted by molar-refractivity contribution is -0.123. The predicted octanol–water partition coefficient (Wildman–Crippen LogP) is 4.07. The molecule has 0 bridgehead atoms. The molecule has 0 radical (unpaired) electrons. The van der Waals surface area contributed by atoms with E-state index in [1.54, 1.807) is 23.0 Å². The lowest BCUT2D eigenvalue weighted by Crippen LogP contribution is -2.24. The summed E-state index contributed by atoms with van der Waals surface area (Å²) < 4.78 is 7.22. The Hall–Kier alpha value is -4.19. The summed E-state index contributed by atoms with van der Waals surface area (Å²) in [5.74, 6) is 0.291. The molecule has 3 aromatic carbocycles. The van der Waals surface area contributed by atoms with Gasteiger partial charge in [0.2, 0.25) is 0 Å². The molecule has 0 unspecified atom stereocenters. The molecule has 148 valence electrons. The molecule has 4 aromatic rings. The zero-order valence-electron chi connectivity index (χ0n) is 16.2. The van der Waals surface area contributed by atoms with E-state index in [1.165, 1.54) is 0 Å². The van der Waals surface area contributed by atoms with Gasteiger partial charge in [0.1, 0.15) is 11.4 Å². The van der Waals surface area contributed by atoms with Crippen molar-refractivity contribution in [3.63, 3.8) is 0 Å². The van der Waals surface area contributed by atoms with Gasteiger partial charge < -0.3 is 4.74 Å². The van der Waals surface area contributed by atoms with Crippen LogP contribution in [-0.2, 0) is 4.79 Å². The lowest BCUT2D eigenvalue weighted by atomic mass is 10.1. The summed E-state index contributed by atoms with van der Waals surface area (Å²) in [5.41, 5.74) is 5.96. The first-order chi connectivity index (χ1) is 14.8. The third-order valence-corrected chi connectivity index (χ3v) is 4.32. The van der Waals surface area contributed by atoms with E-state index in [2.05, 4.69) is 10.5 Å². The van der Waals surface area contributed by atoms with Gasteiger partial charge in [0.25, 0.3) is 5.91 Å². The van der Waals surface area contributed by atoms with Gasteiger partial charge in [-0.05, 0) is 24.3 Å². The summed E-state index contributed by atoms with van der Waals surface area (Å²) >= 11 is 0. The second-order valence-electron chi connectivity index (χ2n) is 6.47. The van der Waals surface area contributed by atoms with Crippen molar-refractivity contribution in [2.75, 3.05) is 6.61 Å². The molecule has 6 heteroatoms. The average Bonchev–Trinajstić information content (AvgIpc) is 3.24. The first-order valence-electron chi connectivity index (χ1n) is 9.50. The Morgan fingerprint density at radius 2 is 1.57 bits per heavy atom. The van der Waals surface area contributed by atoms with Crippen molar-refractivity contribution >= 4 is 12.1 Å². The molecule has 0 aliphatic rings. The van der Waals surface area contributed by atoms with Crippen LogP contribution in [0.1, 0.15) is 5.56 Å². The number of hydrogen-bond donors (Lipinski definition) is 1. The van der Waals surface area contributed by atoms with Crippen molar-refractivity contribution in [3.05, 3.63) is 103 Å². The molecule has 4 rings (SSSR count). The zero-order chi connectivity index (χ0) is 20.6. The number of nitrogens with one attached hydrogen (secondary N) is 1. The number of ether oxygens (including phenoxy) is 1. The van der Waals surface area contributed by atoms with Crippen LogP contribution in [0.15, 0.2) is 102 Å². The number of hydrazone groups is 1. The van der Waals surface area contributed by atoms with Crippen LogP contribution in [0.4, 0.5) is 0 Å². The van der Waals surface area contributed by atoms with Crippen LogP contribution in [0.25, 0.3) is 16.9 Å². The Labute approximate surface area is 174 Å². The van der Waals surface area contributed by atoms with Crippen molar-refractivity contribution in [3.8, 4) is 22.7 Å². The average molecular weight is 396 g/mol. The molecule has 0 aliphatic carbocycles. The van der Waals surface area contributed by atoms with Gasteiger partial charge in [0.15, 0.2) is 6.61 Å². The molecule has 1 amide bonds. The smallest absolute Gasteiger partial charge is 0.277 e. The fourth-order valence-corrected chi connectivity index (χ4v) is 2.89. The SMILES string of the molecule is O=C(COc1ccccc1)N/N=C\c1cn(-c2ccccc2)nc1-c1ccccc1. The Morgan fingerprint density at radius 3 is 2.27 bits per heavy atom. The fraction of sp³-hybridized carbons (Fsp3) is 0.0417. The summed E-state index contributed by atoms with van der Waals surface area (Å²) in [5, 5.41) is 8.80. The van der Waals surface area contributed by atoms with Crippen LogP contribution in [0.5, 0.6) is 5.75 Å². The van der Waals surface area contributed by atoms with Crippen LogP contribution in [-0.4, -0.2) is 28.5 Å². The fourth-order valence-electron chi connectivity index (χ4n) is 2.89. The lowest BCUT2D eigenvalue weighted by Gasteiger charge is -2.04. The highest BCUT2D eigenvalue weighted by molar-refractivity contribution is 5.89. The standard InChI is InChI=1S/C24H20N4O2/c29-23(18-30-22-14-8-3-9-15-22)26-25-16-20-17-28(21-12-6-2-7-13-21)27-24(20)19-10-4-1-5-11-19/h1-17H,18H2,(H,26,29)/b25-16-. The zero-order valence-corrected chi connectivity index (χ0v) is 16.2. The van der Waals surface area contributed by atoms with Crippen LogP contribution >= 0.6 is 0 Å². The second kappa shape index (κ2) is 9.34. The van der Waals surface area contributed by atoms with E-state index in [0.29, 0.717) is 5.75 Å². The molecule has 30 heavy (non-hydrogen) atoms. The van der Waals surface area contributed by atoms with Gasteiger partial charge in [0.05, 0.1) is 11.9 Å². The molecule has 0 atom stereocenters. The summed E-state index contributed by atoms with van der Waals surface area (Å²) in [6.45, 7) is -0.115. The van der Waals surface area contributed by atoms with Crippen molar-refractivity contribution in [1.82, 2.24) is 15.2 Å². The number of rotatable bonds is 7. The highest BCUT2D eigenvalue weighted by atomic mass is 16.5. The van der Waals surface area contributed by atoms with Gasteiger partial charge in [-0.2, -0.15) is 10.2 Å². The number of para-hydroxylation sites is 2. The molecule has 1 N–H and O–H groups in total. The Morgan fingerprint density at radius 1 is 0.933 bits per heavy atom. The quantitative estimate of drug-likeness (QED) is 0.378. The van der Waals surface area contributed by atoms with E-state index >= 15 is 0 Å². The Kier molecular flexibility index (Phi) is 5.96. The third kappa shape index (κ3) is 4.80. The first kappa shape index (κ1) is 19.1. The maximum Gasteiger partial charge on any atom is 0.277 e. The van der Waals surface area contributed by atoms with Gasteiger partial charge in [-0.3, -0.25) is 4.79 Å². The van der Waals surface area contributed by atoms with Gasteiger partial charge in [0, 0.05) is 17.3 Å². The first-order valence-corrected chi connectivity index (χ1v) is 9.50. The molecule has 0 aliphatic heterocycles. The van der Waals surface area contributed by atoms with E-state index in [0.717, 1.165) is 22.5 Å². The minimum atomic E-state index is -0.341. The molecule has 0 spiro atoms. The molecule has 0 fully saturated rings. The monoisotopic (exact) mass is 396 g/mol. The summed E-state index contributed by atoms with van der Waals surface area (Å²) in [4.78, 5) is 12.0. The molecule has 1 heterocycles. The second-order valence-corrected chi connectivity index (χ2v) is 6.47. The maximum atomic E-state index is 12.0. The van der Waals surface area contributed by atoms with Crippen molar-refractivity contribution < 1.29 is 9.53 Å². The number of aromatic nitrogens is 2. The van der Waals surface area contributed by atoms with Crippen molar-refractivity contribution in [1.29, 1.82) is 0 Å². The number of benzene rings is 3. The third-order valence-electron chi connectivity index (χ3n) is 4.32. The highest BCUT2D eigenvalue weighted by Gasteiger charge is 2.11. The van der Waals surface area contributed by atoms with Gasteiger partial charge in [-0.15, -0.1) is 0 Å². The van der Waals surface area contributed by atoms with E-state index in [4.69, 9.17) is 9.84 Å². The van der Waals surface area contributed by atoms with Crippen molar-refractivity contribution in [2.24, 2.45) is 5.10 Å². The molecule has 6 nitrogen and oxygen atoms in total. The van der Waals surface area contributed by atoms with E-state index < -0.39 is 0 Å². The van der Waals surface area contributed by atoms with Gasteiger partial charge >= 0.3 is 0 Å². The minimum Gasteiger partial charge on any atom is -0.484 e. The molecular weight excluding hydrogens is 376 g/mol. The highest BCUT2D eigenvalue weighted by Crippen LogP contribution is 2.22. The van der Waals surface area contributed by atoms with E-state index in [9.17, 15) is 4.79 Å². The summed E-state index contributed by atoms with van der Waals surface area (Å²) in [7, 11) is 0. The number of nitrogens with zero attached hydrogens (tertiary/aromatic N) is 3. The number of amides is 1. The largest absolute Gasteiger partial charge is 0.484 e. The topological polar surface area (TPSA) is 68.5 Å². The normalized spacial score (nSPS) is 10.8. The molecule has 0 saturated heterocycles. The Balaban J connectivity index is 1.49. The minimum absolute atomic E-state index is 0.115. The summed E-state index contributed by atoms with van der Waals surface area (Å²) in [6.07, 6.45) is 3.48. The molecular formula is C24H20N4O2. The van der Waals surface area contributed by atoms with E-state index in [1.807, 2.05) is 85.1 Å². The van der Waals surface area contributed by atoms with Gasteiger partial charge in [-0.1, -0.05) is 66.7 Å². The molecule has 0 saturated carbocycles. The summed E-state index contributed by atoms with van der Waals surface area (Å²) in [6, 6.07) is 28.8. The predicted molar refractivity (Wildman–Crippen MR) is 117 cm³/mol. The van der Waals surface area contributed by atoms with Crippen LogP contribution in [0.2, 0.25) is 0 Å². The van der Waals surface area contributed by atoms with Crippen molar-refractivity contribution in [2.45, 2.75) is 0 Å². The number of carbonyl (C=O) groups excluding carboxylic acids is 1. The Bertz CT molecular complexity index is 1120. The van der Waals surface area contributed by atoms with Gasteiger partial charge in [-0.25, -0.2) is 10.1 Å². The van der Waals surface area contributed by atoms with Crippen LogP contribution in [0, 0.1) is 0 Å². The van der Waals surface area contributed by atoms with Crippen LogP contribution < -0.4 is 10.2 Å². The maximum absolute atomic E-state index is 12.0.